The second kappa shape index (κ2) is 6.73. The molecule has 5 nitrogen and oxygen atoms in total. The topological polar surface area (TPSA) is 54.2 Å². The minimum atomic E-state index is 0.608. The van der Waals surface area contributed by atoms with Crippen molar-refractivity contribution in [2.45, 2.75) is 52.0 Å². The molecule has 0 spiro atoms. The second-order valence-electron chi connectivity index (χ2n) is 4.92. The monoisotopic (exact) mass is 252 g/mol. The first-order valence-corrected chi connectivity index (χ1v) is 7.14. The van der Waals surface area contributed by atoms with Crippen LogP contribution < -0.4 is 5.32 Å². The number of aromatic nitrogens is 2. The Balaban J connectivity index is 1.81. The van der Waals surface area contributed by atoms with Crippen LogP contribution in [0.5, 0.6) is 0 Å². The molecule has 0 amide bonds. The van der Waals surface area contributed by atoms with Crippen LogP contribution in [-0.4, -0.2) is 40.7 Å². The normalized spacial score (nSPS) is 21.1. The van der Waals surface area contributed by atoms with E-state index in [4.69, 9.17) is 4.52 Å². The Hall–Kier alpha value is -1.10. The standard InChI is InChI=1S/C13H24N4O/c1-3-7-12-15-13(16-18-12)14-10-11-8-5-6-9-17(11)4-2/h11H,3-10H2,1-2H3,(H,14,16). The van der Waals surface area contributed by atoms with Crippen LogP contribution >= 0.6 is 0 Å². The van der Waals surface area contributed by atoms with Gasteiger partial charge in [0.25, 0.3) is 5.95 Å². The minimum Gasteiger partial charge on any atom is -0.350 e. The van der Waals surface area contributed by atoms with Gasteiger partial charge in [-0.25, -0.2) is 0 Å². The van der Waals surface area contributed by atoms with Gasteiger partial charge in [-0.1, -0.05) is 20.3 Å². The van der Waals surface area contributed by atoms with Crippen molar-refractivity contribution < 1.29 is 4.52 Å². The van der Waals surface area contributed by atoms with E-state index in [1.165, 1.54) is 25.8 Å². The number of piperidine rings is 1. The number of nitrogens with one attached hydrogen (secondary N) is 1. The molecule has 1 saturated heterocycles. The molecule has 2 heterocycles. The molecule has 1 aliphatic heterocycles. The fraction of sp³-hybridized carbons (Fsp3) is 0.846. The van der Waals surface area contributed by atoms with Gasteiger partial charge in [-0.15, -0.1) is 0 Å². The van der Waals surface area contributed by atoms with Crippen LogP contribution in [0.2, 0.25) is 0 Å². The van der Waals surface area contributed by atoms with Crippen molar-refractivity contribution in [1.29, 1.82) is 0 Å². The Morgan fingerprint density at radius 2 is 2.28 bits per heavy atom. The molecule has 0 bridgehead atoms. The van der Waals surface area contributed by atoms with Crippen molar-refractivity contribution in [3.05, 3.63) is 5.89 Å². The molecule has 2 rings (SSSR count). The summed E-state index contributed by atoms with van der Waals surface area (Å²) < 4.78 is 5.16. The van der Waals surface area contributed by atoms with Crippen LogP contribution in [0.3, 0.4) is 0 Å². The Kier molecular flexibility index (Phi) is 4.99. The Morgan fingerprint density at radius 1 is 1.39 bits per heavy atom. The average Bonchev–Trinajstić information content (AvgIpc) is 2.85. The summed E-state index contributed by atoms with van der Waals surface area (Å²) in [6.07, 6.45) is 5.82. The van der Waals surface area contributed by atoms with E-state index in [1.807, 2.05) is 0 Å². The lowest BCUT2D eigenvalue weighted by Gasteiger charge is -2.34. The van der Waals surface area contributed by atoms with Gasteiger partial charge in [0.2, 0.25) is 5.89 Å². The van der Waals surface area contributed by atoms with Gasteiger partial charge in [0, 0.05) is 19.0 Å². The number of aryl methyl sites for hydroxylation is 1. The van der Waals surface area contributed by atoms with Crippen LogP contribution in [0.25, 0.3) is 0 Å². The number of likely N-dealkylation sites (tertiary alicyclic amines) is 1. The molecular formula is C13H24N4O. The SMILES string of the molecule is CCCc1nc(NCC2CCCCN2CC)no1. The molecule has 1 aliphatic rings. The maximum Gasteiger partial charge on any atom is 0.263 e. The van der Waals surface area contributed by atoms with Crippen LogP contribution in [-0.2, 0) is 6.42 Å². The highest BCUT2D eigenvalue weighted by atomic mass is 16.5. The fourth-order valence-electron chi connectivity index (χ4n) is 2.56. The molecule has 1 unspecified atom stereocenters. The zero-order valence-electron chi connectivity index (χ0n) is 11.5. The first-order chi connectivity index (χ1) is 8.83. The van der Waals surface area contributed by atoms with E-state index >= 15 is 0 Å². The predicted octanol–water partition coefficient (Wildman–Crippen LogP) is 2.31. The summed E-state index contributed by atoms with van der Waals surface area (Å²) in [6, 6.07) is 0.608. The molecule has 1 atom stereocenters. The van der Waals surface area contributed by atoms with E-state index in [9.17, 15) is 0 Å². The highest BCUT2D eigenvalue weighted by Crippen LogP contribution is 2.17. The number of hydrogen-bond donors (Lipinski definition) is 1. The van der Waals surface area contributed by atoms with Gasteiger partial charge in [0.15, 0.2) is 0 Å². The Morgan fingerprint density at radius 3 is 3.06 bits per heavy atom. The van der Waals surface area contributed by atoms with E-state index in [2.05, 4.69) is 34.2 Å². The highest BCUT2D eigenvalue weighted by Gasteiger charge is 2.21. The van der Waals surface area contributed by atoms with Crippen LogP contribution in [0.1, 0.15) is 45.4 Å². The third kappa shape index (κ3) is 3.45. The van der Waals surface area contributed by atoms with Crippen LogP contribution in [0.15, 0.2) is 4.52 Å². The summed E-state index contributed by atoms with van der Waals surface area (Å²) in [5, 5.41) is 7.25. The number of hydrogen-bond acceptors (Lipinski definition) is 5. The first-order valence-electron chi connectivity index (χ1n) is 7.14. The summed E-state index contributed by atoms with van der Waals surface area (Å²) in [5.41, 5.74) is 0. The van der Waals surface area contributed by atoms with Crippen molar-refractivity contribution in [1.82, 2.24) is 15.0 Å². The molecule has 0 aromatic carbocycles. The molecule has 0 aliphatic carbocycles. The maximum absolute atomic E-state index is 5.16. The van der Waals surface area contributed by atoms with E-state index in [1.54, 1.807) is 0 Å². The van der Waals surface area contributed by atoms with Gasteiger partial charge >= 0.3 is 0 Å². The Bertz CT molecular complexity index is 353. The summed E-state index contributed by atoms with van der Waals surface area (Å²) >= 11 is 0. The zero-order valence-corrected chi connectivity index (χ0v) is 11.5. The molecule has 1 aromatic rings. The summed E-state index contributed by atoms with van der Waals surface area (Å²) in [6.45, 7) is 7.60. The molecule has 0 saturated carbocycles. The van der Waals surface area contributed by atoms with Crippen molar-refractivity contribution in [2.75, 3.05) is 25.0 Å². The molecule has 102 valence electrons. The quantitative estimate of drug-likeness (QED) is 0.842. The molecule has 1 N–H and O–H groups in total. The maximum atomic E-state index is 5.16. The van der Waals surface area contributed by atoms with Crippen molar-refractivity contribution >= 4 is 5.95 Å². The third-order valence-corrected chi connectivity index (χ3v) is 3.58. The van der Waals surface area contributed by atoms with Crippen molar-refractivity contribution in [3.8, 4) is 0 Å². The van der Waals surface area contributed by atoms with Crippen LogP contribution in [0.4, 0.5) is 5.95 Å². The lowest BCUT2D eigenvalue weighted by molar-refractivity contribution is 0.164. The molecule has 0 radical (unpaired) electrons. The van der Waals surface area contributed by atoms with Gasteiger partial charge in [-0.05, 0) is 37.5 Å². The third-order valence-electron chi connectivity index (χ3n) is 3.58. The molecule has 5 heteroatoms. The van der Waals surface area contributed by atoms with Gasteiger partial charge in [-0.2, -0.15) is 4.98 Å². The average molecular weight is 252 g/mol. The zero-order chi connectivity index (χ0) is 12.8. The van der Waals surface area contributed by atoms with Gasteiger partial charge in [0.05, 0.1) is 0 Å². The summed E-state index contributed by atoms with van der Waals surface area (Å²) in [7, 11) is 0. The van der Waals surface area contributed by atoms with Gasteiger partial charge in [0.1, 0.15) is 0 Å². The smallest absolute Gasteiger partial charge is 0.263 e. The van der Waals surface area contributed by atoms with E-state index in [0.29, 0.717) is 12.0 Å². The summed E-state index contributed by atoms with van der Waals surface area (Å²) in [4.78, 5) is 6.86. The van der Waals surface area contributed by atoms with Gasteiger partial charge in [-0.3, -0.25) is 4.90 Å². The van der Waals surface area contributed by atoms with Crippen molar-refractivity contribution in [2.24, 2.45) is 0 Å². The summed E-state index contributed by atoms with van der Waals surface area (Å²) in [5.74, 6) is 1.37. The number of likely N-dealkylation sites (N-methyl/N-ethyl adjacent to an activating group) is 1. The fourth-order valence-corrected chi connectivity index (χ4v) is 2.56. The van der Waals surface area contributed by atoms with Crippen molar-refractivity contribution in [3.63, 3.8) is 0 Å². The minimum absolute atomic E-state index is 0.608. The van der Waals surface area contributed by atoms with E-state index in [-0.39, 0.29) is 0 Å². The number of nitrogens with zero attached hydrogens (tertiary/aromatic N) is 3. The van der Waals surface area contributed by atoms with E-state index in [0.717, 1.165) is 31.8 Å². The second-order valence-corrected chi connectivity index (χ2v) is 4.92. The number of anilines is 1. The molecule has 1 fully saturated rings. The van der Waals surface area contributed by atoms with E-state index < -0.39 is 0 Å². The predicted molar refractivity (Wildman–Crippen MR) is 71.7 cm³/mol. The Labute approximate surface area is 109 Å². The number of rotatable bonds is 6. The lowest BCUT2D eigenvalue weighted by Crippen LogP contribution is -2.43. The molecule has 18 heavy (non-hydrogen) atoms. The van der Waals surface area contributed by atoms with Gasteiger partial charge < -0.3 is 9.84 Å². The van der Waals surface area contributed by atoms with Crippen LogP contribution in [0, 0.1) is 0 Å². The first kappa shape index (κ1) is 13.3. The highest BCUT2D eigenvalue weighted by molar-refractivity contribution is 5.21. The largest absolute Gasteiger partial charge is 0.350 e. The molecular weight excluding hydrogens is 228 g/mol. The lowest BCUT2D eigenvalue weighted by atomic mass is 10.0. The molecule has 1 aromatic heterocycles.